The molecule has 0 bridgehead atoms. The summed E-state index contributed by atoms with van der Waals surface area (Å²) in [5.41, 5.74) is 8.93. The number of hydrogen-bond donors (Lipinski definition) is 1. The fraction of sp³-hybridized carbons (Fsp3) is 0.250. The molecule has 3 heterocycles. The van der Waals surface area contributed by atoms with E-state index in [-0.39, 0.29) is 6.04 Å². The van der Waals surface area contributed by atoms with Gasteiger partial charge in [0, 0.05) is 53.7 Å². The number of piperidine rings is 1. The monoisotopic (exact) mass is 365 g/mol. The molecule has 0 spiro atoms. The second-order valence-corrected chi connectivity index (χ2v) is 6.97. The lowest BCUT2D eigenvalue weighted by molar-refractivity contribution is 0.503. The van der Waals surface area contributed by atoms with Gasteiger partial charge in [-0.1, -0.05) is 23.7 Å². The Kier molecular flexibility index (Phi) is 4.82. The zero-order chi connectivity index (χ0) is 17.9. The fourth-order valence-corrected chi connectivity index (χ4v) is 3.33. The molecule has 1 unspecified atom stereocenters. The normalized spacial score (nSPS) is 17.3. The lowest BCUT2D eigenvalue weighted by Crippen LogP contribution is -2.43. The smallest absolute Gasteiger partial charge is 0.163 e. The third kappa shape index (κ3) is 3.69. The molecule has 1 saturated heterocycles. The molecule has 5 nitrogen and oxygen atoms in total. The molecule has 3 aromatic rings. The molecular weight excluding hydrogens is 346 g/mol. The predicted molar refractivity (Wildman–Crippen MR) is 105 cm³/mol. The minimum absolute atomic E-state index is 0.180. The van der Waals surface area contributed by atoms with Crippen molar-refractivity contribution in [3.05, 3.63) is 59.9 Å². The number of aromatic nitrogens is 3. The van der Waals surface area contributed by atoms with Gasteiger partial charge in [0.25, 0.3) is 0 Å². The molecule has 0 saturated carbocycles. The number of halogens is 1. The highest BCUT2D eigenvalue weighted by Gasteiger charge is 2.20. The van der Waals surface area contributed by atoms with Crippen LogP contribution in [0.4, 0.5) is 5.82 Å². The maximum atomic E-state index is 6.17. The van der Waals surface area contributed by atoms with Crippen molar-refractivity contribution < 1.29 is 0 Å². The number of nitrogens with two attached hydrogens (primary N) is 1. The van der Waals surface area contributed by atoms with Gasteiger partial charge in [-0.15, -0.1) is 0 Å². The Hall–Kier alpha value is -2.50. The minimum Gasteiger partial charge on any atom is -0.355 e. The van der Waals surface area contributed by atoms with Gasteiger partial charge >= 0.3 is 0 Å². The van der Waals surface area contributed by atoms with Gasteiger partial charge in [-0.25, -0.2) is 9.97 Å². The van der Waals surface area contributed by atoms with Crippen molar-refractivity contribution >= 4 is 17.4 Å². The van der Waals surface area contributed by atoms with Crippen LogP contribution in [0.15, 0.2) is 54.9 Å². The van der Waals surface area contributed by atoms with Crippen molar-refractivity contribution in [2.24, 2.45) is 5.73 Å². The van der Waals surface area contributed by atoms with Crippen molar-refractivity contribution in [1.29, 1.82) is 0 Å². The summed E-state index contributed by atoms with van der Waals surface area (Å²) in [6.07, 6.45) is 5.66. The van der Waals surface area contributed by atoms with Crippen LogP contribution >= 0.6 is 11.6 Å². The predicted octanol–water partition coefficient (Wildman–Crippen LogP) is 3.79. The largest absolute Gasteiger partial charge is 0.355 e. The number of hydrogen-bond acceptors (Lipinski definition) is 5. The van der Waals surface area contributed by atoms with E-state index >= 15 is 0 Å². The average Bonchev–Trinajstić information content (AvgIpc) is 2.69. The van der Waals surface area contributed by atoms with Crippen LogP contribution in [0.3, 0.4) is 0 Å². The van der Waals surface area contributed by atoms with Crippen LogP contribution in [-0.4, -0.2) is 34.1 Å². The van der Waals surface area contributed by atoms with Gasteiger partial charge < -0.3 is 10.6 Å². The Bertz CT molecular complexity index is 882. The van der Waals surface area contributed by atoms with E-state index in [1.165, 1.54) is 0 Å². The molecule has 0 aliphatic carbocycles. The first-order valence-electron chi connectivity index (χ1n) is 8.75. The summed E-state index contributed by atoms with van der Waals surface area (Å²) in [5.74, 6) is 1.57. The first-order chi connectivity index (χ1) is 12.7. The van der Waals surface area contributed by atoms with E-state index in [2.05, 4.69) is 9.88 Å². The summed E-state index contributed by atoms with van der Waals surface area (Å²) >= 11 is 6.03. The standard InChI is InChI=1S/C20H20ClN5/c21-16-7-5-14(6-8-16)18-11-19(26-10-2-4-17(22)13-26)25-20(24-18)15-3-1-9-23-12-15/h1,3,5-9,11-12,17H,2,4,10,13,22H2. The molecule has 0 radical (unpaired) electrons. The van der Waals surface area contributed by atoms with Crippen LogP contribution in [0.2, 0.25) is 5.02 Å². The number of pyridine rings is 1. The molecule has 4 rings (SSSR count). The van der Waals surface area contributed by atoms with Crippen molar-refractivity contribution in [1.82, 2.24) is 15.0 Å². The zero-order valence-corrected chi connectivity index (χ0v) is 15.1. The van der Waals surface area contributed by atoms with Gasteiger partial charge in [-0.3, -0.25) is 4.98 Å². The Morgan fingerprint density at radius 1 is 1.08 bits per heavy atom. The average molecular weight is 366 g/mol. The number of rotatable bonds is 3. The molecule has 26 heavy (non-hydrogen) atoms. The second kappa shape index (κ2) is 7.40. The number of benzene rings is 1. The van der Waals surface area contributed by atoms with Gasteiger partial charge in [0.15, 0.2) is 5.82 Å². The van der Waals surface area contributed by atoms with Crippen molar-refractivity contribution in [2.75, 3.05) is 18.0 Å². The molecule has 2 N–H and O–H groups in total. The summed E-state index contributed by atoms with van der Waals surface area (Å²) in [6, 6.07) is 13.8. The number of anilines is 1. The molecule has 132 valence electrons. The Morgan fingerprint density at radius 2 is 1.92 bits per heavy atom. The summed E-state index contributed by atoms with van der Waals surface area (Å²) < 4.78 is 0. The van der Waals surface area contributed by atoms with Crippen molar-refractivity contribution in [3.63, 3.8) is 0 Å². The highest BCUT2D eigenvalue weighted by molar-refractivity contribution is 6.30. The SMILES string of the molecule is NC1CCCN(c2cc(-c3ccc(Cl)cc3)nc(-c3cccnc3)n2)C1. The summed E-state index contributed by atoms with van der Waals surface area (Å²) in [5, 5.41) is 0.706. The fourth-order valence-electron chi connectivity index (χ4n) is 3.21. The third-order valence-corrected chi connectivity index (χ3v) is 4.81. The lowest BCUT2D eigenvalue weighted by Gasteiger charge is -2.32. The Labute approximate surface area is 157 Å². The van der Waals surface area contributed by atoms with Gasteiger partial charge in [0.2, 0.25) is 0 Å². The maximum Gasteiger partial charge on any atom is 0.163 e. The topological polar surface area (TPSA) is 67.9 Å². The van der Waals surface area contributed by atoms with Crippen LogP contribution in [0, 0.1) is 0 Å². The Balaban J connectivity index is 1.80. The third-order valence-electron chi connectivity index (χ3n) is 4.55. The van der Waals surface area contributed by atoms with Gasteiger partial charge in [-0.05, 0) is 37.1 Å². The summed E-state index contributed by atoms with van der Waals surface area (Å²) in [4.78, 5) is 16.0. The highest BCUT2D eigenvalue weighted by atomic mass is 35.5. The van der Waals surface area contributed by atoms with Crippen LogP contribution in [0.1, 0.15) is 12.8 Å². The second-order valence-electron chi connectivity index (χ2n) is 6.53. The van der Waals surface area contributed by atoms with Gasteiger partial charge in [0.05, 0.1) is 5.69 Å². The molecule has 0 amide bonds. The van der Waals surface area contributed by atoms with E-state index in [0.29, 0.717) is 10.8 Å². The molecular formula is C20H20ClN5. The van der Waals surface area contributed by atoms with E-state index in [1.807, 2.05) is 42.5 Å². The van der Waals surface area contributed by atoms with Crippen molar-refractivity contribution in [3.8, 4) is 22.6 Å². The minimum atomic E-state index is 0.180. The van der Waals surface area contributed by atoms with E-state index < -0.39 is 0 Å². The molecule has 2 aromatic heterocycles. The summed E-state index contributed by atoms with van der Waals surface area (Å²) in [6.45, 7) is 1.76. The Morgan fingerprint density at radius 3 is 2.65 bits per heavy atom. The van der Waals surface area contributed by atoms with Gasteiger partial charge in [-0.2, -0.15) is 0 Å². The van der Waals surface area contributed by atoms with Crippen molar-refractivity contribution in [2.45, 2.75) is 18.9 Å². The molecule has 1 aliphatic heterocycles. The van der Waals surface area contributed by atoms with Gasteiger partial charge in [0.1, 0.15) is 5.82 Å². The van der Waals surface area contributed by atoms with E-state index in [9.17, 15) is 0 Å². The molecule has 1 aromatic carbocycles. The van der Waals surface area contributed by atoms with Crippen LogP contribution in [0.25, 0.3) is 22.6 Å². The highest BCUT2D eigenvalue weighted by Crippen LogP contribution is 2.28. The lowest BCUT2D eigenvalue weighted by atomic mass is 10.1. The first-order valence-corrected chi connectivity index (χ1v) is 9.13. The van der Waals surface area contributed by atoms with E-state index in [1.54, 1.807) is 12.4 Å². The quantitative estimate of drug-likeness (QED) is 0.764. The van der Waals surface area contributed by atoms with E-state index in [4.69, 9.17) is 27.3 Å². The molecule has 6 heteroatoms. The van der Waals surface area contributed by atoms with Crippen LogP contribution in [-0.2, 0) is 0 Å². The molecule has 1 fully saturated rings. The summed E-state index contributed by atoms with van der Waals surface area (Å²) in [7, 11) is 0. The first kappa shape index (κ1) is 16.9. The number of nitrogens with zero attached hydrogens (tertiary/aromatic N) is 4. The van der Waals surface area contributed by atoms with E-state index in [0.717, 1.165) is 48.6 Å². The van der Waals surface area contributed by atoms with Crippen LogP contribution in [0.5, 0.6) is 0 Å². The van der Waals surface area contributed by atoms with Crippen LogP contribution < -0.4 is 10.6 Å². The zero-order valence-electron chi connectivity index (χ0n) is 14.3. The molecule has 1 atom stereocenters. The maximum absolute atomic E-state index is 6.17. The molecule has 1 aliphatic rings.